The van der Waals surface area contributed by atoms with Gasteiger partial charge in [-0.15, -0.1) is 0 Å². The van der Waals surface area contributed by atoms with Crippen molar-refractivity contribution < 1.29 is 18.3 Å². The van der Waals surface area contributed by atoms with Crippen LogP contribution in [0.2, 0.25) is 0 Å². The van der Waals surface area contributed by atoms with Gasteiger partial charge in [-0.3, -0.25) is 0 Å². The van der Waals surface area contributed by atoms with Crippen molar-refractivity contribution in [2.24, 2.45) is 0 Å². The van der Waals surface area contributed by atoms with Gasteiger partial charge in [-0.25, -0.2) is 0 Å². The lowest BCUT2D eigenvalue weighted by Crippen LogP contribution is -2.51. The van der Waals surface area contributed by atoms with Crippen molar-refractivity contribution in [2.75, 3.05) is 38.1 Å². The number of alkyl halides is 3. The largest absolute Gasteiger partial charge is 0.446 e. The van der Waals surface area contributed by atoms with Gasteiger partial charge >= 0.3 is 5.51 Å². The third-order valence-corrected chi connectivity index (χ3v) is 7.51. The first-order valence-electron chi connectivity index (χ1n) is 10.4. The van der Waals surface area contributed by atoms with Crippen LogP contribution in [0.15, 0.2) is 51.1 Å². The molecular formula is C22H26F3N3OS2. The van der Waals surface area contributed by atoms with Crippen molar-refractivity contribution in [3.63, 3.8) is 0 Å². The quantitative estimate of drug-likeness (QED) is 0.419. The zero-order valence-electron chi connectivity index (χ0n) is 17.0. The summed E-state index contributed by atoms with van der Waals surface area (Å²) < 4.78 is 39.7. The van der Waals surface area contributed by atoms with Crippen LogP contribution < -0.4 is 10.6 Å². The number of hydrogen-bond acceptors (Lipinski definition) is 6. The number of fused-ring (bicyclic) bond motifs is 2. The Morgan fingerprint density at radius 3 is 2.81 bits per heavy atom. The maximum Gasteiger partial charge on any atom is 0.446 e. The van der Waals surface area contributed by atoms with Crippen LogP contribution in [0.3, 0.4) is 0 Å². The number of anilines is 2. The zero-order chi connectivity index (χ0) is 21.8. The molecule has 0 aromatic heterocycles. The number of piperazine rings is 1. The van der Waals surface area contributed by atoms with Crippen molar-refractivity contribution in [2.45, 2.75) is 45.5 Å². The minimum atomic E-state index is -4.32. The van der Waals surface area contributed by atoms with E-state index in [1.807, 2.05) is 24.3 Å². The molecule has 0 spiro atoms. The average molecular weight is 470 g/mol. The average Bonchev–Trinajstić information content (AvgIpc) is 2.73. The van der Waals surface area contributed by atoms with Gasteiger partial charge in [0, 0.05) is 47.0 Å². The summed E-state index contributed by atoms with van der Waals surface area (Å²) in [5.41, 5.74) is -1.84. The van der Waals surface area contributed by atoms with Crippen LogP contribution >= 0.6 is 23.5 Å². The maximum atomic E-state index is 13.2. The molecule has 2 aromatic carbocycles. The summed E-state index contributed by atoms with van der Waals surface area (Å²) in [7, 11) is 0. The third kappa shape index (κ3) is 5.90. The van der Waals surface area contributed by atoms with Crippen LogP contribution in [0, 0.1) is 0 Å². The van der Waals surface area contributed by atoms with Gasteiger partial charge in [-0.1, -0.05) is 23.9 Å². The fraction of sp³-hybridized carbons (Fsp3) is 0.455. The summed E-state index contributed by atoms with van der Waals surface area (Å²) in [4.78, 5) is 4.65. The Labute approximate surface area is 189 Å². The van der Waals surface area contributed by atoms with Gasteiger partial charge in [0.2, 0.25) is 0 Å². The second-order valence-electron chi connectivity index (χ2n) is 7.75. The third-order valence-electron chi connectivity index (χ3n) is 5.54. The van der Waals surface area contributed by atoms with E-state index in [2.05, 4.69) is 15.5 Å². The fourth-order valence-corrected chi connectivity index (χ4v) is 5.87. The maximum absolute atomic E-state index is 13.2. The predicted octanol–water partition coefficient (Wildman–Crippen LogP) is 5.10. The molecule has 2 heterocycles. The van der Waals surface area contributed by atoms with E-state index in [4.69, 9.17) is 0 Å². The number of hydrogen-bond donors (Lipinski definition) is 3. The van der Waals surface area contributed by atoms with Crippen LogP contribution in [-0.2, 0) is 6.42 Å². The highest BCUT2D eigenvalue weighted by Crippen LogP contribution is 2.49. The minimum absolute atomic E-state index is 0.0261. The van der Waals surface area contributed by atoms with E-state index < -0.39 is 5.51 Å². The molecule has 1 atom stereocenters. The summed E-state index contributed by atoms with van der Waals surface area (Å²) in [5, 5.41) is 16.0. The molecule has 0 aliphatic carbocycles. The molecule has 2 aromatic rings. The van der Waals surface area contributed by atoms with Crippen molar-refractivity contribution >= 4 is 34.9 Å². The van der Waals surface area contributed by atoms with Crippen LogP contribution in [0.5, 0.6) is 0 Å². The molecule has 31 heavy (non-hydrogen) atoms. The number of benzene rings is 2. The van der Waals surface area contributed by atoms with E-state index in [9.17, 15) is 18.3 Å². The molecule has 3 N–H and O–H groups in total. The standard InChI is InChI=1S/C22H26F3N3OS2/c23-22(24,25)31-18-7-8-20-21(27-17-5-1-2-6-19(17)30-20)16(18)4-3-11-28-12-10-26-15(14-28)9-13-29/h1-2,5-8,15,26-27,29H,3-4,9-14H2. The molecule has 0 radical (unpaired) electrons. The molecule has 0 bridgehead atoms. The molecule has 2 aliphatic heterocycles. The van der Waals surface area contributed by atoms with E-state index in [-0.39, 0.29) is 29.3 Å². The SMILES string of the molecule is OCCC1CN(CCCc2c(SC(F)(F)F)ccc3c2Nc2ccccc2S3)CCN1. The molecule has 1 unspecified atom stereocenters. The molecule has 168 valence electrons. The van der Waals surface area contributed by atoms with Crippen LogP contribution in [0.25, 0.3) is 0 Å². The van der Waals surface area contributed by atoms with Gasteiger partial charge in [-0.2, -0.15) is 13.2 Å². The Balaban J connectivity index is 1.51. The van der Waals surface area contributed by atoms with Crippen molar-refractivity contribution in [1.82, 2.24) is 10.2 Å². The summed E-state index contributed by atoms with van der Waals surface area (Å²) in [5.74, 6) is 0. The van der Waals surface area contributed by atoms with Gasteiger partial charge in [0.15, 0.2) is 0 Å². The number of aliphatic hydroxyl groups is 1. The molecule has 1 saturated heterocycles. The Morgan fingerprint density at radius 1 is 1.16 bits per heavy atom. The van der Waals surface area contributed by atoms with Gasteiger partial charge in [0.05, 0.1) is 11.4 Å². The smallest absolute Gasteiger partial charge is 0.396 e. The van der Waals surface area contributed by atoms with E-state index >= 15 is 0 Å². The van der Waals surface area contributed by atoms with Crippen molar-refractivity contribution in [3.8, 4) is 0 Å². The van der Waals surface area contributed by atoms with Gasteiger partial charge in [-0.05, 0) is 67.4 Å². The lowest BCUT2D eigenvalue weighted by atomic mass is 10.1. The Hall–Kier alpha value is -1.39. The number of thioether (sulfide) groups is 1. The monoisotopic (exact) mass is 469 g/mol. The van der Waals surface area contributed by atoms with Crippen molar-refractivity contribution in [1.29, 1.82) is 0 Å². The van der Waals surface area contributed by atoms with Crippen LogP contribution in [0.4, 0.5) is 24.5 Å². The van der Waals surface area contributed by atoms with Crippen molar-refractivity contribution in [3.05, 3.63) is 42.0 Å². The summed E-state index contributed by atoms with van der Waals surface area (Å²) in [6.45, 7) is 3.63. The normalized spacial score (nSPS) is 18.9. The Morgan fingerprint density at radius 2 is 2.00 bits per heavy atom. The van der Waals surface area contributed by atoms with E-state index in [0.29, 0.717) is 6.42 Å². The molecule has 0 saturated carbocycles. The number of halogens is 3. The molecule has 1 fully saturated rings. The number of nitrogens with one attached hydrogen (secondary N) is 2. The fourth-order valence-electron chi connectivity index (χ4n) is 4.14. The number of rotatable bonds is 7. The number of aliphatic hydroxyl groups excluding tert-OH is 1. The van der Waals surface area contributed by atoms with E-state index in [0.717, 1.165) is 65.7 Å². The highest BCUT2D eigenvalue weighted by Gasteiger charge is 2.32. The van der Waals surface area contributed by atoms with Gasteiger partial charge in [0.25, 0.3) is 0 Å². The van der Waals surface area contributed by atoms with Crippen LogP contribution in [-0.4, -0.2) is 54.3 Å². The molecule has 4 nitrogen and oxygen atoms in total. The number of nitrogens with zero attached hydrogens (tertiary/aromatic N) is 1. The lowest BCUT2D eigenvalue weighted by molar-refractivity contribution is -0.0328. The molecule has 2 aliphatic rings. The highest BCUT2D eigenvalue weighted by atomic mass is 32.2. The minimum Gasteiger partial charge on any atom is -0.396 e. The second kappa shape index (κ2) is 10.0. The number of para-hydroxylation sites is 1. The summed E-state index contributed by atoms with van der Waals surface area (Å²) in [6, 6.07) is 11.5. The summed E-state index contributed by atoms with van der Waals surface area (Å²) in [6.07, 6.45) is 2.07. The Bertz CT molecular complexity index is 908. The van der Waals surface area contributed by atoms with Gasteiger partial charge in [0.1, 0.15) is 0 Å². The summed E-state index contributed by atoms with van der Waals surface area (Å²) >= 11 is 1.57. The van der Waals surface area contributed by atoms with E-state index in [1.54, 1.807) is 23.9 Å². The lowest BCUT2D eigenvalue weighted by Gasteiger charge is -2.33. The predicted molar refractivity (Wildman–Crippen MR) is 120 cm³/mol. The molecule has 4 rings (SSSR count). The van der Waals surface area contributed by atoms with E-state index in [1.165, 1.54) is 0 Å². The topological polar surface area (TPSA) is 47.5 Å². The van der Waals surface area contributed by atoms with Gasteiger partial charge < -0.3 is 20.6 Å². The molecule has 9 heteroatoms. The Kier molecular flexibility index (Phi) is 7.38. The first kappa shape index (κ1) is 22.8. The molecule has 0 amide bonds. The van der Waals surface area contributed by atoms with Crippen LogP contribution in [0.1, 0.15) is 18.4 Å². The highest BCUT2D eigenvalue weighted by molar-refractivity contribution is 8.00. The zero-order valence-corrected chi connectivity index (χ0v) is 18.7. The first-order valence-corrected chi connectivity index (χ1v) is 12.1. The first-order chi connectivity index (χ1) is 14.9. The second-order valence-corrected chi connectivity index (χ2v) is 9.94. The molecular weight excluding hydrogens is 443 g/mol.